The molecule has 1 saturated carbocycles. The molecule has 0 amide bonds. The first kappa shape index (κ1) is 26.5. The number of aromatic nitrogens is 2. The summed E-state index contributed by atoms with van der Waals surface area (Å²) in [5.41, 5.74) is 1.65. The number of nitrogens with zero attached hydrogens (tertiary/aromatic N) is 1. The van der Waals surface area contributed by atoms with Gasteiger partial charge in [-0.05, 0) is 48.2 Å². The second-order valence-corrected chi connectivity index (χ2v) is 9.64. The van der Waals surface area contributed by atoms with Crippen LogP contribution in [0.15, 0.2) is 47.5 Å². The Bertz CT molecular complexity index is 1270. The Balaban J connectivity index is 0.000000429. The van der Waals surface area contributed by atoms with Gasteiger partial charge in [0.2, 0.25) is 10.0 Å². The van der Waals surface area contributed by atoms with Gasteiger partial charge in [-0.15, -0.1) is 0 Å². The van der Waals surface area contributed by atoms with Crippen LogP contribution in [0.2, 0.25) is 0 Å². The average Bonchev–Trinajstić information content (AvgIpc) is 3.24. The van der Waals surface area contributed by atoms with E-state index in [1.165, 1.54) is 6.07 Å². The second-order valence-electron chi connectivity index (χ2n) is 7.93. The number of hydrogen-bond donors (Lipinski definition) is 3. The summed E-state index contributed by atoms with van der Waals surface area (Å²) in [7, 11) is -3.58. The van der Waals surface area contributed by atoms with Crippen LogP contribution >= 0.6 is 0 Å². The molecule has 0 spiro atoms. The van der Waals surface area contributed by atoms with E-state index in [-0.39, 0.29) is 16.6 Å². The van der Waals surface area contributed by atoms with Crippen molar-refractivity contribution in [3.8, 4) is 11.1 Å². The first-order chi connectivity index (χ1) is 16.4. The Morgan fingerprint density at radius 3 is 2.23 bits per heavy atom. The number of pyridine rings is 1. The van der Waals surface area contributed by atoms with Crippen molar-refractivity contribution in [2.24, 2.45) is 0 Å². The van der Waals surface area contributed by atoms with Gasteiger partial charge in [-0.25, -0.2) is 31.7 Å². The molecule has 0 unspecified atom stereocenters. The van der Waals surface area contributed by atoms with Gasteiger partial charge < -0.3 is 10.1 Å². The fraction of sp³-hybridized carbons (Fsp3) is 0.364. The fourth-order valence-corrected chi connectivity index (χ4v) is 5.04. The number of carboxylic acids is 1. The lowest BCUT2D eigenvalue weighted by Crippen LogP contribution is -2.36. The van der Waals surface area contributed by atoms with Gasteiger partial charge in [0.05, 0.1) is 10.6 Å². The van der Waals surface area contributed by atoms with E-state index in [4.69, 9.17) is 9.90 Å². The van der Waals surface area contributed by atoms with Gasteiger partial charge in [-0.3, -0.25) is 0 Å². The van der Waals surface area contributed by atoms with Crippen LogP contribution in [0.4, 0.5) is 22.0 Å². The number of nitrogens with one attached hydrogen (secondary N) is 2. The van der Waals surface area contributed by atoms with Crippen LogP contribution in [-0.2, 0) is 14.8 Å². The molecule has 35 heavy (non-hydrogen) atoms. The molecule has 3 aromatic rings. The Morgan fingerprint density at radius 1 is 1.09 bits per heavy atom. The van der Waals surface area contributed by atoms with E-state index in [2.05, 4.69) is 14.7 Å². The Morgan fingerprint density at radius 2 is 1.69 bits per heavy atom. The number of alkyl halides is 5. The standard InChI is InChI=1S/C20H21F2N3O2S.C2HF3O2/c21-19(22)18-12-17-16(10-11-23-20(17)24-18)13-6-8-15(9-7-13)28(26,27)25-14-4-2-1-3-5-14;3-2(4,5)1(6)7/h6-12,14,19,25H,1-5H2,(H,23,24);(H,6,7). The number of carbonyl (C=O) groups is 1. The number of carboxylic acid groups (broad SMARTS) is 1. The SMILES string of the molecule is O=C(O)C(F)(F)F.O=S(=O)(NC1CCCCC1)c1ccc(-c2ccnc3[nH]c(C(F)F)cc23)cc1. The Labute approximate surface area is 197 Å². The minimum Gasteiger partial charge on any atom is -0.475 e. The highest BCUT2D eigenvalue weighted by molar-refractivity contribution is 7.89. The quantitative estimate of drug-likeness (QED) is 0.390. The summed E-state index contributed by atoms with van der Waals surface area (Å²) in [5, 5.41) is 7.70. The lowest BCUT2D eigenvalue weighted by molar-refractivity contribution is -0.192. The lowest BCUT2D eigenvalue weighted by atomic mass is 9.96. The number of fused-ring (bicyclic) bond motifs is 1. The largest absolute Gasteiger partial charge is 0.490 e. The number of hydrogen-bond acceptors (Lipinski definition) is 4. The molecule has 2 aromatic heterocycles. The minimum atomic E-state index is -5.08. The summed E-state index contributed by atoms with van der Waals surface area (Å²) < 4.78 is 85.8. The van der Waals surface area contributed by atoms with E-state index >= 15 is 0 Å². The van der Waals surface area contributed by atoms with Gasteiger partial charge in [0.25, 0.3) is 6.43 Å². The summed E-state index contributed by atoms with van der Waals surface area (Å²) in [6.45, 7) is 0. The van der Waals surface area contributed by atoms with E-state index in [9.17, 15) is 30.4 Å². The summed E-state index contributed by atoms with van der Waals surface area (Å²) in [6, 6.07) is 9.59. The lowest BCUT2D eigenvalue weighted by Gasteiger charge is -2.22. The van der Waals surface area contributed by atoms with Crippen LogP contribution in [0.3, 0.4) is 0 Å². The molecule has 1 aliphatic carbocycles. The number of H-pyrrole nitrogens is 1. The van der Waals surface area contributed by atoms with Crippen molar-refractivity contribution in [1.29, 1.82) is 0 Å². The third-order valence-corrected chi connectivity index (χ3v) is 6.97. The van der Waals surface area contributed by atoms with Gasteiger partial charge in [0, 0.05) is 17.6 Å². The average molecular weight is 519 g/mol. The normalized spacial score (nSPS) is 15.1. The zero-order valence-electron chi connectivity index (χ0n) is 18.1. The molecule has 0 radical (unpaired) electrons. The topological polar surface area (TPSA) is 112 Å². The van der Waals surface area contributed by atoms with E-state index in [1.807, 2.05) is 0 Å². The molecule has 1 aromatic carbocycles. The van der Waals surface area contributed by atoms with Crippen LogP contribution in [-0.4, -0.2) is 41.7 Å². The van der Waals surface area contributed by atoms with Crippen molar-refractivity contribution in [1.82, 2.24) is 14.7 Å². The van der Waals surface area contributed by atoms with Gasteiger partial charge in [-0.2, -0.15) is 13.2 Å². The molecule has 2 heterocycles. The highest BCUT2D eigenvalue weighted by atomic mass is 32.2. The van der Waals surface area contributed by atoms with E-state index in [1.54, 1.807) is 36.5 Å². The van der Waals surface area contributed by atoms with E-state index in [0.717, 1.165) is 43.2 Å². The van der Waals surface area contributed by atoms with Gasteiger partial charge in [-0.1, -0.05) is 31.4 Å². The Kier molecular flexibility index (Phi) is 8.11. The molecule has 13 heteroatoms. The maximum Gasteiger partial charge on any atom is 0.490 e. The van der Waals surface area contributed by atoms with Crippen molar-refractivity contribution >= 4 is 27.0 Å². The number of aromatic amines is 1. The van der Waals surface area contributed by atoms with Crippen LogP contribution < -0.4 is 4.72 Å². The van der Waals surface area contributed by atoms with Crippen LogP contribution in [0.1, 0.15) is 44.2 Å². The zero-order valence-corrected chi connectivity index (χ0v) is 19.0. The smallest absolute Gasteiger partial charge is 0.475 e. The molecule has 0 saturated heterocycles. The van der Waals surface area contributed by atoms with Gasteiger partial charge >= 0.3 is 12.1 Å². The molecule has 0 atom stereocenters. The molecular weight excluding hydrogens is 497 g/mol. The maximum absolute atomic E-state index is 13.0. The van der Waals surface area contributed by atoms with Crippen LogP contribution in [0.5, 0.6) is 0 Å². The summed E-state index contributed by atoms with van der Waals surface area (Å²) in [6.07, 6.45) is -1.18. The predicted octanol–water partition coefficient (Wildman–Crippen LogP) is 5.41. The van der Waals surface area contributed by atoms with Gasteiger partial charge in [0.1, 0.15) is 5.65 Å². The molecule has 3 N–H and O–H groups in total. The monoisotopic (exact) mass is 519 g/mol. The van der Waals surface area contributed by atoms with E-state index in [0.29, 0.717) is 11.0 Å². The first-order valence-electron chi connectivity index (χ1n) is 10.6. The molecular formula is C22H22F5N3O4S. The van der Waals surface area contributed by atoms with Crippen LogP contribution in [0, 0.1) is 0 Å². The minimum absolute atomic E-state index is 0.00845. The number of benzene rings is 1. The van der Waals surface area contributed by atoms with Crippen molar-refractivity contribution in [3.05, 3.63) is 48.3 Å². The molecule has 4 rings (SSSR count). The zero-order chi connectivity index (χ0) is 25.8. The van der Waals surface area contributed by atoms with Crippen molar-refractivity contribution in [2.45, 2.75) is 55.6 Å². The summed E-state index contributed by atoms with van der Waals surface area (Å²) in [5.74, 6) is -2.76. The fourth-order valence-electron chi connectivity index (χ4n) is 3.74. The second kappa shape index (κ2) is 10.7. The van der Waals surface area contributed by atoms with Crippen molar-refractivity contribution in [3.63, 3.8) is 0 Å². The third-order valence-electron chi connectivity index (χ3n) is 5.43. The van der Waals surface area contributed by atoms with Crippen molar-refractivity contribution < 1.29 is 40.3 Å². The van der Waals surface area contributed by atoms with E-state index < -0.39 is 28.6 Å². The molecule has 7 nitrogen and oxygen atoms in total. The maximum atomic E-state index is 13.0. The summed E-state index contributed by atoms with van der Waals surface area (Å²) >= 11 is 0. The molecule has 0 bridgehead atoms. The number of sulfonamides is 1. The molecule has 0 aliphatic heterocycles. The number of aliphatic carboxylic acids is 1. The predicted molar refractivity (Wildman–Crippen MR) is 117 cm³/mol. The molecule has 1 aliphatic rings. The van der Waals surface area contributed by atoms with Crippen LogP contribution in [0.25, 0.3) is 22.2 Å². The third kappa shape index (κ3) is 6.75. The summed E-state index contributed by atoms with van der Waals surface area (Å²) in [4.78, 5) is 15.8. The van der Waals surface area contributed by atoms with Gasteiger partial charge in [0.15, 0.2) is 0 Å². The first-order valence-corrected chi connectivity index (χ1v) is 12.1. The highest BCUT2D eigenvalue weighted by Crippen LogP contribution is 2.31. The molecule has 1 fully saturated rings. The number of halogens is 5. The highest BCUT2D eigenvalue weighted by Gasteiger charge is 2.38. The molecule has 190 valence electrons. The number of rotatable bonds is 5. The van der Waals surface area contributed by atoms with Crippen molar-refractivity contribution in [2.75, 3.05) is 0 Å². The Hall–Kier alpha value is -3.06.